The number of carbonyl (C=O) groups is 1. The molecule has 0 aliphatic carbocycles. The van der Waals surface area contributed by atoms with Crippen LogP contribution in [0.4, 0.5) is 5.82 Å². The molecule has 0 saturated carbocycles. The Balaban J connectivity index is 2.07. The normalized spacial score (nSPS) is 10.3. The number of pyridine rings is 1. The summed E-state index contributed by atoms with van der Waals surface area (Å²) in [5, 5.41) is 8.04. The van der Waals surface area contributed by atoms with Gasteiger partial charge in [-0.1, -0.05) is 0 Å². The molecule has 0 unspecified atom stereocenters. The van der Waals surface area contributed by atoms with Crippen LogP contribution < -0.4 is 10.6 Å². The molecular weight excluding hydrogens is 338 g/mol. The highest BCUT2D eigenvalue weighted by Gasteiger charge is 2.09. The SMILES string of the molecule is CCNc1cc(C(=O)NCc2sccc2Br)cc(C)n1. The molecule has 2 heterocycles. The lowest BCUT2D eigenvalue weighted by Gasteiger charge is -2.08. The van der Waals surface area contributed by atoms with Crippen LogP contribution in [0.25, 0.3) is 0 Å². The topological polar surface area (TPSA) is 54.0 Å². The number of rotatable bonds is 5. The van der Waals surface area contributed by atoms with Gasteiger partial charge < -0.3 is 10.6 Å². The maximum absolute atomic E-state index is 12.2. The van der Waals surface area contributed by atoms with Gasteiger partial charge in [0.2, 0.25) is 0 Å². The number of nitrogens with zero attached hydrogens (tertiary/aromatic N) is 1. The van der Waals surface area contributed by atoms with Crippen LogP contribution in [0.1, 0.15) is 27.9 Å². The number of nitrogens with one attached hydrogen (secondary N) is 2. The van der Waals surface area contributed by atoms with E-state index >= 15 is 0 Å². The van der Waals surface area contributed by atoms with Gasteiger partial charge >= 0.3 is 0 Å². The van der Waals surface area contributed by atoms with Gasteiger partial charge in [-0.15, -0.1) is 11.3 Å². The van der Waals surface area contributed by atoms with Crippen LogP contribution in [-0.4, -0.2) is 17.4 Å². The lowest BCUT2D eigenvalue weighted by Crippen LogP contribution is -2.23. The van der Waals surface area contributed by atoms with Gasteiger partial charge in [-0.2, -0.15) is 0 Å². The summed E-state index contributed by atoms with van der Waals surface area (Å²) in [5.74, 6) is 0.643. The molecule has 0 saturated heterocycles. The first-order valence-corrected chi connectivity index (χ1v) is 8.00. The minimum absolute atomic E-state index is 0.0880. The van der Waals surface area contributed by atoms with E-state index in [-0.39, 0.29) is 5.91 Å². The number of amides is 1. The molecule has 0 aromatic carbocycles. The Hall–Kier alpha value is -1.40. The first kappa shape index (κ1) is 15.0. The first-order chi connectivity index (χ1) is 9.60. The molecule has 0 atom stereocenters. The van der Waals surface area contributed by atoms with Crippen molar-refractivity contribution in [3.8, 4) is 0 Å². The van der Waals surface area contributed by atoms with E-state index < -0.39 is 0 Å². The van der Waals surface area contributed by atoms with E-state index in [0.29, 0.717) is 12.1 Å². The summed E-state index contributed by atoms with van der Waals surface area (Å²) in [7, 11) is 0. The number of aryl methyl sites for hydroxylation is 1. The third kappa shape index (κ3) is 3.80. The minimum atomic E-state index is -0.0880. The van der Waals surface area contributed by atoms with Crippen LogP contribution in [0, 0.1) is 6.92 Å². The van der Waals surface area contributed by atoms with E-state index in [9.17, 15) is 4.79 Å². The fourth-order valence-corrected chi connectivity index (χ4v) is 3.22. The van der Waals surface area contributed by atoms with Crippen molar-refractivity contribution in [2.45, 2.75) is 20.4 Å². The van der Waals surface area contributed by atoms with Gasteiger partial charge in [0.25, 0.3) is 5.91 Å². The molecule has 20 heavy (non-hydrogen) atoms. The first-order valence-electron chi connectivity index (χ1n) is 6.32. The van der Waals surface area contributed by atoms with Crippen molar-refractivity contribution < 1.29 is 4.79 Å². The van der Waals surface area contributed by atoms with Crippen LogP contribution in [0.15, 0.2) is 28.1 Å². The molecule has 1 amide bonds. The molecule has 0 fully saturated rings. The van der Waals surface area contributed by atoms with E-state index in [1.807, 2.05) is 25.3 Å². The average Bonchev–Trinajstić information content (AvgIpc) is 2.81. The van der Waals surface area contributed by atoms with Gasteiger partial charge in [0.1, 0.15) is 5.82 Å². The zero-order chi connectivity index (χ0) is 14.5. The number of hydrogen-bond donors (Lipinski definition) is 2. The summed E-state index contributed by atoms with van der Waals surface area (Å²) >= 11 is 5.07. The van der Waals surface area contributed by atoms with Crippen molar-refractivity contribution in [1.29, 1.82) is 0 Å². The number of aromatic nitrogens is 1. The smallest absolute Gasteiger partial charge is 0.251 e. The van der Waals surface area contributed by atoms with Crippen molar-refractivity contribution in [1.82, 2.24) is 10.3 Å². The number of hydrogen-bond acceptors (Lipinski definition) is 4. The summed E-state index contributed by atoms with van der Waals surface area (Å²) in [6.45, 7) is 5.18. The Morgan fingerprint density at radius 3 is 2.90 bits per heavy atom. The summed E-state index contributed by atoms with van der Waals surface area (Å²) in [6.07, 6.45) is 0. The Morgan fingerprint density at radius 1 is 1.45 bits per heavy atom. The predicted octanol–water partition coefficient (Wildman–Crippen LogP) is 3.58. The predicted molar refractivity (Wildman–Crippen MR) is 86.3 cm³/mol. The van der Waals surface area contributed by atoms with Crippen LogP contribution in [-0.2, 0) is 6.54 Å². The fraction of sp³-hybridized carbons (Fsp3) is 0.286. The van der Waals surface area contributed by atoms with Crippen LogP contribution in [0.2, 0.25) is 0 Å². The zero-order valence-electron chi connectivity index (χ0n) is 11.4. The molecule has 6 heteroatoms. The molecule has 0 aliphatic heterocycles. The third-order valence-electron chi connectivity index (χ3n) is 2.67. The van der Waals surface area contributed by atoms with Gasteiger partial charge in [0, 0.05) is 27.2 Å². The fourth-order valence-electron chi connectivity index (χ4n) is 1.79. The number of anilines is 1. The highest BCUT2D eigenvalue weighted by Crippen LogP contribution is 2.22. The van der Waals surface area contributed by atoms with Crippen molar-refractivity contribution >= 4 is 39.0 Å². The Kier molecular flexibility index (Phi) is 5.14. The van der Waals surface area contributed by atoms with E-state index in [1.165, 1.54) is 0 Å². The van der Waals surface area contributed by atoms with Crippen molar-refractivity contribution in [2.24, 2.45) is 0 Å². The van der Waals surface area contributed by atoms with Crippen LogP contribution in [0.5, 0.6) is 0 Å². The maximum Gasteiger partial charge on any atom is 0.251 e. The molecule has 2 aromatic rings. The van der Waals surface area contributed by atoms with Crippen molar-refractivity contribution in [2.75, 3.05) is 11.9 Å². The van der Waals surface area contributed by atoms with Gasteiger partial charge in [-0.3, -0.25) is 4.79 Å². The molecular formula is C14H16BrN3OS. The number of halogens is 1. The molecule has 0 spiro atoms. The van der Waals surface area contributed by atoms with Crippen LogP contribution >= 0.6 is 27.3 Å². The summed E-state index contributed by atoms with van der Waals surface area (Å²) in [4.78, 5) is 17.6. The van der Waals surface area contributed by atoms with E-state index in [4.69, 9.17) is 0 Å². The Labute approximate surface area is 130 Å². The van der Waals surface area contributed by atoms with Crippen LogP contribution in [0.3, 0.4) is 0 Å². The minimum Gasteiger partial charge on any atom is -0.370 e. The second-order valence-electron chi connectivity index (χ2n) is 4.29. The molecule has 0 radical (unpaired) electrons. The van der Waals surface area contributed by atoms with Gasteiger partial charge in [-0.05, 0) is 53.4 Å². The number of thiophene rings is 1. The highest BCUT2D eigenvalue weighted by molar-refractivity contribution is 9.10. The molecule has 0 aliphatic rings. The second-order valence-corrected chi connectivity index (χ2v) is 6.14. The second kappa shape index (κ2) is 6.85. The lowest BCUT2D eigenvalue weighted by molar-refractivity contribution is 0.0951. The highest BCUT2D eigenvalue weighted by atomic mass is 79.9. The van der Waals surface area contributed by atoms with Gasteiger partial charge in [0.05, 0.1) is 6.54 Å². The summed E-state index contributed by atoms with van der Waals surface area (Å²) in [5.41, 5.74) is 1.45. The van der Waals surface area contributed by atoms with Crippen molar-refractivity contribution in [3.63, 3.8) is 0 Å². The molecule has 2 rings (SSSR count). The maximum atomic E-state index is 12.2. The average molecular weight is 354 g/mol. The van der Waals surface area contributed by atoms with E-state index in [0.717, 1.165) is 27.4 Å². The standard InChI is InChI=1S/C14H16BrN3OS/c1-3-16-13-7-10(6-9(2)18-13)14(19)17-8-12-11(15)4-5-20-12/h4-7H,3,8H2,1-2H3,(H,16,18)(H,17,19). The largest absolute Gasteiger partial charge is 0.370 e. The van der Waals surface area contributed by atoms with Gasteiger partial charge in [-0.25, -0.2) is 4.98 Å². The Bertz CT molecular complexity index is 612. The Morgan fingerprint density at radius 2 is 2.25 bits per heavy atom. The van der Waals surface area contributed by atoms with E-state index in [1.54, 1.807) is 23.5 Å². The summed E-state index contributed by atoms with van der Waals surface area (Å²) < 4.78 is 1.03. The molecule has 0 bridgehead atoms. The zero-order valence-corrected chi connectivity index (χ0v) is 13.8. The third-order valence-corrected chi connectivity index (χ3v) is 4.60. The number of carbonyl (C=O) groups excluding carboxylic acids is 1. The monoisotopic (exact) mass is 353 g/mol. The quantitative estimate of drug-likeness (QED) is 0.863. The van der Waals surface area contributed by atoms with Gasteiger partial charge in [0.15, 0.2) is 0 Å². The summed E-state index contributed by atoms with van der Waals surface area (Å²) in [6, 6.07) is 5.54. The molecule has 2 N–H and O–H groups in total. The molecule has 4 nitrogen and oxygen atoms in total. The molecule has 2 aromatic heterocycles. The van der Waals surface area contributed by atoms with E-state index in [2.05, 4.69) is 31.5 Å². The molecule has 106 valence electrons. The lowest BCUT2D eigenvalue weighted by atomic mass is 10.2. The van der Waals surface area contributed by atoms with Crippen molar-refractivity contribution in [3.05, 3.63) is 44.2 Å².